The van der Waals surface area contributed by atoms with Gasteiger partial charge in [0.1, 0.15) is 0 Å². The average Bonchev–Trinajstić information content (AvgIpc) is 1.30. The van der Waals surface area contributed by atoms with Crippen LogP contribution in [0.3, 0.4) is 0 Å². The second-order valence-electron chi connectivity index (χ2n) is 1.81. The Morgan fingerprint density at radius 1 is 1.57 bits per heavy atom. The molecule has 0 aliphatic carbocycles. The maximum Gasteiger partial charge on any atom is 0.0308 e. The van der Waals surface area contributed by atoms with E-state index in [-0.39, 0.29) is 7.20 Å². The lowest BCUT2D eigenvalue weighted by Gasteiger charge is -2.19. The van der Waals surface area contributed by atoms with Crippen molar-refractivity contribution < 1.29 is 0 Å². The topological polar surface area (TPSA) is 0 Å². The molecule has 0 aromatic heterocycles. The highest BCUT2D eigenvalue weighted by Gasteiger charge is 2.01. The van der Waals surface area contributed by atoms with Gasteiger partial charge in [0.15, 0.2) is 0 Å². The van der Waals surface area contributed by atoms with E-state index in [1.54, 1.807) is 0 Å². The molecule has 3 heteroatoms. The highest BCUT2D eigenvalue weighted by molar-refractivity contribution is 14.2. The highest BCUT2D eigenvalue weighted by Crippen LogP contribution is 2.50. The van der Waals surface area contributed by atoms with Crippen molar-refractivity contribution in [1.82, 2.24) is 0 Å². The fourth-order valence-electron chi connectivity index (χ4n) is 0.280. The lowest BCUT2D eigenvalue weighted by molar-refractivity contribution is 2.09. The predicted molar refractivity (Wildman–Crippen MR) is 51.8 cm³/mol. The van der Waals surface area contributed by atoms with Crippen LogP contribution in [0, 0.1) is 0 Å². The molecule has 0 aliphatic heterocycles. The largest absolute Gasteiger partial charge is 0.184 e. The van der Waals surface area contributed by atoms with Crippen molar-refractivity contribution in [3.63, 3.8) is 0 Å². The Bertz CT molecular complexity index is 48.1. The van der Waals surface area contributed by atoms with E-state index in [9.17, 15) is 0 Å². The Morgan fingerprint density at radius 2 is 2.00 bits per heavy atom. The van der Waals surface area contributed by atoms with Crippen molar-refractivity contribution in [1.29, 1.82) is 0 Å². The molecule has 0 bridgehead atoms. The summed E-state index contributed by atoms with van der Waals surface area (Å²) >= 11 is 4.48. The first-order valence-electron chi connectivity index (χ1n) is 1.96. The molecule has 0 fully saturated rings. The fourth-order valence-corrected chi connectivity index (χ4v) is 4.81. The highest BCUT2D eigenvalue weighted by atomic mass is 127. The molecular weight excluding hydrogens is 239 g/mol. The number of hydrogen-bond donors (Lipinski definition) is 0. The number of hydrogen-bond acceptors (Lipinski definition) is 1. The molecule has 46 valence electrons. The maximum atomic E-state index is 2.54. The first-order chi connectivity index (χ1) is 3.06. The van der Waals surface area contributed by atoms with Crippen LogP contribution in [-0.2, 0) is 0 Å². The van der Waals surface area contributed by atoms with Crippen molar-refractivity contribution in [2.75, 3.05) is 23.9 Å². The van der Waals surface area contributed by atoms with Crippen LogP contribution in [0.5, 0.6) is 0 Å². The molecule has 0 nitrogen and oxygen atoms in total. The zero-order chi connectivity index (χ0) is 5.91. The van der Waals surface area contributed by atoms with Crippen molar-refractivity contribution in [2.24, 2.45) is 0 Å². The molecule has 0 aliphatic rings. The molecule has 0 saturated carbocycles. The molecule has 0 atom stereocenters. The smallest absolute Gasteiger partial charge is 0.0308 e. The van der Waals surface area contributed by atoms with Gasteiger partial charge in [0.25, 0.3) is 0 Å². The predicted octanol–water partition coefficient (Wildman–Crippen LogP) is 2.72. The molecule has 0 aromatic carbocycles. The minimum absolute atomic E-state index is 0.241. The van der Waals surface area contributed by atoms with Crippen molar-refractivity contribution >= 4 is 40.2 Å². The van der Waals surface area contributed by atoms with Gasteiger partial charge in [0.2, 0.25) is 0 Å². The standard InChI is InChI=1S/C4H11IS2/c1-6-4-7(2,3)5/h4H2,1-3H3. The molecule has 0 unspecified atom stereocenters. The zero-order valence-electron chi connectivity index (χ0n) is 4.90. The van der Waals surface area contributed by atoms with Crippen LogP contribution in [0.15, 0.2) is 0 Å². The summed E-state index contributed by atoms with van der Waals surface area (Å²) < 4.78 is 0. The molecule has 0 N–H and O–H groups in total. The van der Waals surface area contributed by atoms with E-state index in [2.05, 4.69) is 40.0 Å². The summed E-state index contributed by atoms with van der Waals surface area (Å²) in [6, 6.07) is 0. The van der Waals surface area contributed by atoms with Crippen molar-refractivity contribution in [3.8, 4) is 0 Å². The van der Waals surface area contributed by atoms with Crippen LogP contribution >= 0.6 is 40.2 Å². The summed E-state index contributed by atoms with van der Waals surface area (Å²) in [7, 11) is -0.241. The molecule has 7 heavy (non-hydrogen) atoms. The lowest BCUT2D eigenvalue weighted by atomic mass is 11.8. The number of rotatable bonds is 2. The quantitative estimate of drug-likeness (QED) is 0.679. The molecule has 0 spiro atoms. The lowest BCUT2D eigenvalue weighted by Crippen LogP contribution is -1.84. The van der Waals surface area contributed by atoms with Crippen molar-refractivity contribution in [3.05, 3.63) is 0 Å². The summed E-state index contributed by atoms with van der Waals surface area (Å²) in [5, 5.41) is 1.33. The average molecular weight is 250 g/mol. The van der Waals surface area contributed by atoms with E-state index in [0.717, 1.165) is 0 Å². The Labute approximate surface area is 63.7 Å². The minimum Gasteiger partial charge on any atom is -0.184 e. The van der Waals surface area contributed by atoms with Crippen molar-refractivity contribution in [2.45, 2.75) is 0 Å². The minimum atomic E-state index is -0.241. The van der Waals surface area contributed by atoms with Crippen LogP contribution in [0.2, 0.25) is 0 Å². The Balaban J connectivity index is 3.15. The Hall–Kier alpha value is 1.43. The van der Waals surface area contributed by atoms with Crippen LogP contribution in [0.1, 0.15) is 0 Å². The molecule has 0 rings (SSSR count). The van der Waals surface area contributed by atoms with Gasteiger partial charge in [-0.05, 0) is 40.0 Å². The normalized spacial score (nSPS) is 14.3. The van der Waals surface area contributed by atoms with Gasteiger partial charge < -0.3 is 0 Å². The molecule has 0 saturated heterocycles. The number of thioether (sulfide) groups is 1. The second kappa shape index (κ2) is 3.45. The maximum absolute atomic E-state index is 2.54. The molecular formula is C4H11IS2. The van der Waals surface area contributed by atoms with Gasteiger partial charge in [-0.3, -0.25) is 0 Å². The second-order valence-corrected chi connectivity index (χ2v) is 13.3. The van der Waals surface area contributed by atoms with Gasteiger partial charge in [-0.25, -0.2) is 0 Å². The van der Waals surface area contributed by atoms with Gasteiger partial charge >= 0.3 is 0 Å². The molecule has 0 radical (unpaired) electrons. The third-order valence-corrected chi connectivity index (χ3v) is 5.87. The molecule has 0 aromatic rings. The summed E-state index contributed by atoms with van der Waals surface area (Å²) in [4.78, 5) is 0. The van der Waals surface area contributed by atoms with Crippen LogP contribution in [-0.4, -0.2) is 23.9 Å². The first kappa shape index (κ1) is 8.43. The SMILES string of the molecule is CSCS(C)(C)I. The summed E-state index contributed by atoms with van der Waals surface area (Å²) in [5.41, 5.74) is 0. The van der Waals surface area contributed by atoms with E-state index in [1.165, 1.54) is 5.08 Å². The van der Waals surface area contributed by atoms with Crippen LogP contribution < -0.4 is 0 Å². The van der Waals surface area contributed by atoms with E-state index in [0.29, 0.717) is 0 Å². The van der Waals surface area contributed by atoms with Gasteiger partial charge in [0, 0.05) is 5.08 Å². The van der Waals surface area contributed by atoms with Gasteiger partial charge in [-0.2, -0.15) is 19.0 Å². The summed E-state index contributed by atoms with van der Waals surface area (Å²) in [6.45, 7) is 0. The Kier molecular flexibility index (Phi) is 4.16. The van der Waals surface area contributed by atoms with Gasteiger partial charge in [0.05, 0.1) is 0 Å². The van der Waals surface area contributed by atoms with Crippen LogP contribution in [0.4, 0.5) is 0 Å². The first-order valence-corrected chi connectivity index (χ1v) is 8.51. The van der Waals surface area contributed by atoms with E-state index in [1.807, 2.05) is 11.8 Å². The summed E-state index contributed by atoms with van der Waals surface area (Å²) in [6.07, 6.45) is 6.81. The fraction of sp³-hybridized carbons (Fsp3) is 1.00. The van der Waals surface area contributed by atoms with E-state index < -0.39 is 0 Å². The molecule has 0 heterocycles. The summed E-state index contributed by atoms with van der Waals surface area (Å²) in [5.74, 6) is 0. The molecule has 0 amide bonds. The Morgan fingerprint density at radius 3 is 2.00 bits per heavy atom. The number of halogens is 1. The monoisotopic (exact) mass is 250 g/mol. The third-order valence-electron chi connectivity index (χ3n) is 0.398. The van der Waals surface area contributed by atoms with Gasteiger partial charge in [-0.1, -0.05) is 0 Å². The third kappa shape index (κ3) is 7.43. The van der Waals surface area contributed by atoms with Gasteiger partial charge in [-0.15, -0.1) is 0 Å². The van der Waals surface area contributed by atoms with E-state index >= 15 is 0 Å². The zero-order valence-corrected chi connectivity index (χ0v) is 8.69. The van der Waals surface area contributed by atoms with E-state index in [4.69, 9.17) is 0 Å². The van der Waals surface area contributed by atoms with Crippen LogP contribution in [0.25, 0.3) is 0 Å².